The molecule has 0 N–H and O–H groups in total. The van der Waals surface area contributed by atoms with Crippen LogP contribution >= 0.6 is 0 Å². The Balaban J connectivity index is 2.45. The molecule has 2 nitrogen and oxygen atoms in total. The fourth-order valence-corrected chi connectivity index (χ4v) is 1.53. The van der Waals surface area contributed by atoms with Crippen LogP contribution in [0.5, 0.6) is 0 Å². The lowest BCUT2D eigenvalue weighted by Crippen LogP contribution is -2.32. The number of Topliss-reactive ketones (excluding diaryl/α,β-unsaturated/α-hetero) is 1. The molecule has 0 saturated carbocycles. The molecular weight excluding hydrogens is 140 g/mol. The number of fused-ring (bicyclic) bond motifs is 2. The minimum atomic E-state index is -0.459. The maximum Gasteiger partial charge on any atom is 0.169 e. The van der Waals surface area contributed by atoms with Crippen LogP contribution in [0.3, 0.4) is 0 Å². The van der Waals surface area contributed by atoms with E-state index < -0.39 is 5.92 Å². The van der Waals surface area contributed by atoms with Crippen molar-refractivity contribution in [2.75, 3.05) is 0 Å². The molecule has 2 rings (SSSR count). The molecule has 0 aliphatic heterocycles. The van der Waals surface area contributed by atoms with E-state index in [2.05, 4.69) is 0 Å². The molecule has 0 radical (unpaired) electrons. The third-order valence-corrected chi connectivity index (χ3v) is 2.19. The second-order valence-electron chi connectivity index (χ2n) is 2.91. The maximum absolute atomic E-state index is 11.3. The summed E-state index contributed by atoms with van der Waals surface area (Å²) < 4.78 is 0. The van der Waals surface area contributed by atoms with Gasteiger partial charge in [0, 0.05) is 5.92 Å². The quantitative estimate of drug-likeness (QED) is 0.377. The fourth-order valence-electron chi connectivity index (χ4n) is 1.53. The van der Waals surface area contributed by atoms with Crippen molar-refractivity contribution < 1.29 is 9.59 Å². The number of carbonyl (C=O) groups excluding carboxylic acids is 2. The summed E-state index contributed by atoms with van der Waals surface area (Å²) in [6, 6.07) is 0. The minimum Gasteiger partial charge on any atom is -0.298 e. The number of hydrogen-bond acceptors (Lipinski definition) is 2. The summed E-state index contributed by atoms with van der Waals surface area (Å²) in [6.07, 6.45) is 7.63. The van der Waals surface area contributed by atoms with Crippen LogP contribution in [0, 0.1) is 11.8 Å². The van der Waals surface area contributed by atoms with Crippen molar-refractivity contribution in [2.24, 2.45) is 11.8 Å². The molecule has 0 amide bonds. The molecule has 0 aromatic heterocycles. The first-order chi connectivity index (χ1) is 5.29. The van der Waals surface area contributed by atoms with E-state index in [1.165, 1.54) is 6.08 Å². The van der Waals surface area contributed by atoms with E-state index in [-0.39, 0.29) is 17.5 Å². The molecule has 2 unspecified atom stereocenters. The summed E-state index contributed by atoms with van der Waals surface area (Å²) in [4.78, 5) is 22.4. The van der Waals surface area contributed by atoms with Gasteiger partial charge in [0.15, 0.2) is 11.6 Å². The van der Waals surface area contributed by atoms with Crippen LogP contribution in [0.25, 0.3) is 0 Å². The molecule has 2 aliphatic rings. The van der Waals surface area contributed by atoms with E-state index in [1.54, 1.807) is 12.2 Å². The minimum absolute atomic E-state index is 0.0253. The van der Waals surface area contributed by atoms with Crippen molar-refractivity contribution in [3.8, 4) is 0 Å². The van der Waals surface area contributed by atoms with E-state index in [0.29, 0.717) is 0 Å². The summed E-state index contributed by atoms with van der Waals surface area (Å²) in [7, 11) is 0. The molecule has 0 aromatic carbocycles. The van der Waals surface area contributed by atoms with E-state index in [1.807, 2.05) is 6.08 Å². The van der Waals surface area contributed by atoms with E-state index in [0.717, 1.165) is 6.42 Å². The van der Waals surface area contributed by atoms with Gasteiger partial charge >= 0.3 is 0 Å². The van der Waals surface area contributed by atoms with Crippen LogP contribution in [0.15, 0.2) is 24.3 Å². The molecule has 0 heterocycles. The first-order valence-electron chi connectivity index (χ1n) is 3.71. The molecule has 11 heavy (non-hydrogen) atoms. The maximum atomic E-state index is 11.3. The van der Waals surface area contributed by atoms with Gasteiger partial charge in [0.05, 0.1) is 5.92 Å². The Bertz CT molecular complexity index is 273. The van der Waals surface area contributed by atoms with Crippen LogP contribution in [0.2, 0.25) is 0 Å². The number of hydrogen-bond donors (Lipinski definition) is 0. The van der Waals surface area contributed by atoms with Gasteiger partial charge < -0.3 is 0 Å². The summed E-state index contributed by atoms with van der Waals surface area (Å²) in [5.41, 5.74) is 0. The molecule has 2 aliphatic carbocycles. The third-order valence-electron chi connectivity index (χ3n) is 2.19. The summed E-state index contributed by atoms with van der Waals surface area (Å²) in [5, 5.41) is 0. The molecular formula is C9H8O2. The SMILES string of the molecule is O=C1C=CC2CC=CC1C2=O. The van der Waals surface area contributed by atoms with Gasteiger partial charge in [0.2, 0.25) is 0 Å². The summed E-state index contributed by atoms with van der Waals surface area (Å²) in [5.74, 6) is -0.483. The van der Waals surface area contributed by atoms with Crippen LogP contribution in [0.4, 0.5) is 0 Å². The standard InChI is InChI=1S/C9H8O2/c10-8-5-4-6-2-1-3-7(8)9(6)11/h1,3-7H,2H2. The van der Waals surface area contributed by atoms with Gasteiger partial charge in [0.1, 0.15) is 0 Å². The fraction of sp³-hybridized carbons (Fsp3) is 0.333. The zero-order valence-electron chi connectivity index (χ0n) is 5.99. The van der Waals surface area contributed by atoms with Crippen LogP contribution in [0.1, 0.15) is 6.42 Å². The van der Waals surface area contributed by atoms with Gasteiger partial charge in [-0.3, -0.25) is 9.59 Å². The van der Waals surface area contributed by atoms with Crippen LogP contribution in [-0.2, 0) is 9.59 Å². The highest BCUT2D eigenvalue weighted by Gasteiger charge is 2.33. The van der Waals surface area contributed by atoms with Gasteiger partial charge in [-0.1, -0.05) is 18.2 Å². The molecule has 0 fully saturated rings. The molecule has 0 saturated heterocycles. The molecule has 2 heteroatoms. The van der Waals surface area contributed by atoms with Gasteiger partial charge in [-0.25, -0.2) is 0 Å². The highest BCUT2D eigenvalue weighted by molar-refractivity contribution is 6.13. The summed E-state index contributed by atoms with van der Waals surface area (Å²) in [6.45, 7) is 0. The first-order valence-corrected chi connectivity index (χ1v) is 3.71. The Morgan fingerprint density at radius 1 is 1.27 bits per heavy atom. The van der Waals surface area contributed by atoms with Crippen molar-refractivity contribution in [1.82, 2.24) is 0 Å². The molecule has 56 valence electrons. The Labute approximate surface area is 64.6 Å². The third kappa shape index (κ3) is 0.862. The highest BCUT2D eigenvalue weighted by atomic mass is 16.2. The Morgan fingerprint density at radius 2 is 2.09 bits per heavy atom. The van der Waals surface area contributed by atoms with E-state index in [9.17, 15) is 9.59 Å². The van der Waals surface area contributed by atoms with Gasteiger partial charge in [-0.2, -0.15) is 0 Å². The number of rotatable bonds is 0. The number of ketones is 2. The second-order valence-corrected chi connectivity index (χ2v) is 2.91. The smallest absolute Gasteiger partial charge is 0.169 e. The lowest BCUT2D eigenvalue weighted by Gasteiger charge is -2.22. The largest absolute Gasteiger partial charge is 0.298 e. The van der Waals surface area contributed by atoms with Gasteiger partial charge in [0.25, 0.3) is 0 Å². The zero-order chi connectivity index (χ0) is 7.84. The van der Waals surface area contributed by atoms with Gasteiger partial charge in [-0.15, -0.1) is 0 Å². The summed E-state index contributed by atoms with van der Waals surface area (Å²) >= 11 is 0. The number of carbonyl (C=O) groups is 2. The second kappa shape index (κ2) is 2.16. The van der Waals surface area contributed by atoms with Crippen LogP contribution < -0.4 is 0 Å². The topological polar surface area (TPSA) is 34.1 Å². The van der Waals surface area contributed by atoms with E-state index in [4.69, 9.17) is 0 Å². The monoisotopic (exact) mass is 148 g/mol. The van der Waals surface area contributed by atoms with Gasteiger partial charge in [-0.05, 0) is 12.5 Å². The van der Waals surface area contributed by atoms with Crippen molar-refractivity contribution in [3.63, 3.8) is 0 Å². The average molecular weight is 148 g/mol. The molecule has 0 spiro atoms. The normalized spacial score (nSPS) is 34.5. The number of allylic oxidation sites excluding steroid dienone is 4. The Hall–Kier alpha value is -1.18. The van der Waals surface area contributed by atoms with Crippen molar-refractivity contribution in [1.29, 1.82) is 0 Å². The molecule has 2 bridgehead atoms. The predicted molar refractivity (Wildman–Crippen MR) is 39.9 cm³/mol. The van der Waals surface area contributed by atoms with Crippen molar-refractivity contribution >= 4 is 11.6 Å². The predicted octanol–water partition coefficient (Wildman–Crippen LogP) is 0.887. The highest BCUT2D eigenvalue weighted by Crippen LogP contribution is 2.25. The lowest BCUT2D eigenvalue weighted by molar-refractivity contribution is -0.131. The zero-order valence-corrected chi connectivity index (χ0v) is 5.99. The lowest BCUT2D eigenvalue weighted by atomic mass is 9.79. The average Bonchev–Trinajstić information content (AvgIpc) is 1.98. The Morgan fingerprint density at radius 3 is 2.82 bits per heavy atom. The van der Waals surface area contributed by atoms with Crippen molar-refractivity contribution in [3.05, 3.63) is 24.3 Å². The molecule has 2 atom stereocenters. The van der Waals surface area contributed by atoms with Crippen LogP contribution in [-0.4, -0.2) is 11.6 Å². The van der Waals surface area contributed by atoms with E-state index >= 15 is 0 Å². The Kier molecular flexibility index (Phi) is 1.28. The van der Waals surface area contributed by atoms with Crippen molar-refractivity contribution in [2.45, 2.75) is 6.42 Å². The first kappa shape index (κ1) is 6.53. The molecule has 0 aromatic rings.